The standard InChI is InChI=1S/C14H18N4O2S/c1-21-7-5-11(15)14-18-12(9-20-14)13(19)17-8-10-4-2-3-6-16-10/h2-4,6,9,11H,5,7-8,15H2,1H3,(H,17,19). The minimum Gasteiger partial charge on any atom is -0.446 e. The molecule has 21 heavy (non-hydrogen) atoms. The van der Waals surface area contributed by atoms with E-state index in [1.54, 1.807) is 18.0 Å². The number of amides is 1. The minimum absolute atomic E-state index is 0.237. The molecule has 0 aromatic carbocycles. The van der Waals surface area contributed by atoms with E-state index in [4.69, 9.17) is 10.2 Å². The molecular formula is C14H18N4O2S. The van der Waals surface area contributed by atoms with Crippen LogP contribution in [0.5, 0.6) is 0 Å². The normalized spacial score (nSPS) is 12.1. The van der Waals surface area contributed by atoms with Crippen LogP contribution in [0.25, 0.3) is 0 Å². The molecule has 0 radical (unpaired) electrons. The Balaban J connectivity index is 1.90. The first-order chi connectivity index (χ1) is 10.2. The lowest BCUT2D eigenvalue weighted by Gasteiger charge is -2.05. The smallest absolute Gasteiger partial charge is 0.273 e. The van der Waals surface area contributed by atoms with Gasteiger partial charge in [-0.3, -0.25) is 9.78 Å². The van der Waals surface area contributed by atoms with Gasteiger partial charge in [-0.1, -0.05) is 6.07 Å². The maximum Gasteiger partial charge on any atom is 0.273 e. The largest absolute Gasteiger partial charge is 0.446 e. The van der Waals surface area contributed by atoms with Crippen LogP contribution in [0.4, 0.5) is 0 Å². The summed E-state index contributed by atoms with van der Waals surface area (Å²) in [6.07, 6.45) is 5.79. The second-order valence-corrected chi connectivity index (χ2v) is 5.45. The maximum absolute atomic E-state index is 12.0. The molecule has 7 heteroatoms. The van der Waals surface area contributed by atoms with Crippen molar-refractivity contribution in [2.75, 3.05) is 12.0 Å². The number of hydrogen-bond acceptors (Lipinski definition) is 6. The van der Waals surface area contributed by atoms with Crippen molar-refractivity contribution in [3.8, 4) is 0 Å². The molecule has 2 rings (SSSR count). The number of nitrogens with two attached hydrogens (primary N) is 1. The van der Waals surface area contributed by atoms with Gasteiger partial charge in [0.1, 0.15) is 6.26 Å². The van der Waals surface area contributed by atoms with Gasteiger partial charge in [0.25, 0.3) is 5.91 Å². The SMILES string of the molecule is CSCCC(N)c1nc(C(=O)NCc2ccccn2)co1. The zero-order valence-electron chi connectivity index (χ0n) is 11.8. The van der Waals surface area contributed by atoms with Gasteiger partial charge in [-0.05, 0) is 30.6 Å². The van der Waals surface area contributed by atoms with E-state index in [-0.39, 0.29) is 17.6 Å². The number of nitrogens with zero attached hydrogens (tertiary/aromatic N) is 2. The fourth-order valence-electron chi connectivity index (χ4n) is 1.69. The van der Waals surface area contributed by atoms with Crippen molar-refractivity contribution in [1.82, 2.24) is 15.3 Å². The molecule has 2 heterocycles. The topological polar surface area (TPSA) is 94.0 Å². The Morgan fingerprint density at radius 2 is 2.38 bits per heavy atom. The van der Waals surface area contributed by atoms with Crippen molar-refractivity contribution >= 4 is 17.7 Å². The fourth-order valence-corrected chi connectivity index (χ4v) is 2.18. The van der Waals surface area contributed by atoms with Crippen LogP contribution in [0, 0.1) is 0 Å². The van der Waals surface area contributed by atoms with Crippen LogP contribution >= 0.6 is 11.8 Å². The van der Waals surface area contributed by atoms with Gasteiger partial charge in [0, 0.05) is 6.20 Å². The van der Waals surface area contributed by atoms with Crippen LogP contribution in [0.2, 0.25) is 0 Å². The third kappa shape index (κ3) is 4.57. The second kappa shape index (κ2) is 7.80. The van der Waals surface area contributed by atoms with Gasteiger partial charge >= 0.3 is 0 Å². The van der Waals surface area contributed by atoms with Gasteiger partial charge in [-0.2, -0.15) is 11.8 Å². The molecule has 112 valence electrons. The maximum atomic E-state index is 12.0. The number of oxazole rings is 1. The van der Waals surface area contributed by atoms with E-state index in [1.165, 1.54) is 6.26 Å². The summed E-state index contributed by atoms with van der Waals surface area (Å²) in [5, 5.41) is 2.74. The second-order valence-electron chi connectivity index (χ2n) is 4.46. The van der Waals surface area contributed by atoms with Crippen molar-refractivity contribution < 1.29 is 9.21 Å². The van der Waals surface area contributed by atoms with Crippen molar-refractivity contribution in [3.63, 3.8) is 0 Å². The van der Waals surface area contributed by atoms with Crippen LogP contribution in [0.3, 0.4) is 0 Å². The molecule has 0 aliphatic heterocycles. The van der Waals surface area contributed by atoms with Crippen LogP contribution in [0.15, 0.2) is 35.1 Å². The van der Waals surface area contributed by atoms with Gasteiger partial charge in [-0.25, -0.2) is 4.98 Å². The van der Waals surface area contributed by atoms with E-state index in [0.717, 1.165) is 17.9 Å². The summed E-state index contributed by atoms with van der Waals surface area (Å²) in [6, 6.07) is 5.25. The number of nitrogens with one attached hydrogen (secondary N) is 1. The highest BCUT2D eigenvalue weighted by Gasteiger charge is 2.16. The van der Waals surface area contributed by atoms with Crippen molar-refractivity contribution in [2.45, 2.75) is 19.0 Å². The lowest BCUT2D eigenvalue weighted by molar-refractivity contribution is 0.0945. The van der Waals surface area contributed by atoms with Gasteiger partial charge in [0.2, 0.25) is 5.89 Å². The number of carbonyl (C=O) groups is 1. The highest BCUT2D eigenvalue weighted by Crippen LogP contribution is 2.15. The number of hydrogen-bond donors (Lipinski definition) is 2. The Bertz CT molecular complexity index is 573. The first-order valence-electron chi connectivity index (χ1n) is 6.58. The summed E-state index contributed by atoms with van der Waals surface area (Å²) in [6.45, 7) is 0.348. The van der Waals surface area contributed by atoms with Gasteiger partial charge in [0.05, 0.1) is 18.3 Å². The third-order valence-electron chi connectivity index (χ3n) is 2.86. The average Bonchev–Trinajstić information content (AvgIpc) is 3.01. The molecule has 0 saturated carbocycles. The van der Waals surface area contributed by atoms with Crippen LogP contribution in [-0.4, -0.2) is 27.9 Å². The molecule has 1 amide bonds. The van der Waals surface area contributed by atoms with Gasteiger partial charge in [-0.15, -0.1) is 0 Å². The molecule has 0 saturated heterocycles. The Labute approximate surface area is 127 Å². The monoisotopic (exact) mass is 306 g/mol. The van der Waals surface area contributed by atoms with Crippen molar-refractivity contribution in [1.29, 1.82) is 0 Å². The quantitative estimate of drug-likeness (QED) is 0.809. The number of rotatable bonds is 7. The highest BCUT2D eigenvalue weighted by atomic mass is 32.2. The predicted molar refractivity (Wildman–Crippen MR) is 81.8 cm³/mol. The Kier molecular flexibility index (Phi) is 5.77. The minimum atomic E-state index is -0.298. The molecule has 3 N–H and O–H groups in total. The number of thioether (sulfide) groups is 1. The molecule has 0 bridgehead atoms. The summed E-state index contributed by atoms with van der Waals surface area (Å²) in [4.78, 5) is 20.2. The molecule has 6 nitrogen and oxygen atoms in total. The Hall–Kier alpha value is -1.86. The summed E-state index contributed by atoms with van der Waals surface area (Å²) >= 11 is 1.71. The number of pyridine rings is 1. The molecule has 1 unspecified atom stereocenters. The average molecular weight is 306 g/mol. The lowest BCUT2D eigenvalue weighted by atomic mass is 10.2. The van der Waals surface area contributed by atoms with E-state index < -0.39 is 0 Å². The Morgan fingerprint density at radius 1 is 1.52 bits per heavy atom. The molecule has 0 aliphatic rings. The van der Waals surface area contributed by atoms with E-state index in [2.05, 4.69) is 15.3 Å². The predicted octanol–water partition coefficient (Wildman–Crippen LogP) is 1.75. The third-order valence-corrected chi connectivity index (χ3v) is 3.50. The van der Waals surface area contributed by atoms with E-state index >= 15 is 0 Å². The summed E-state index contributed by atoms with van der Waals surface area (Å²) < 4.78 is 5.27. The van der Waals surface area contributed by atoms with E-state index in [1.807, 2.05) is 24.5 Å². The van der Waals surface area contributed by atoms with Crippen LogP contribution < -0.4 is 11.1 Å². The zero-order valence-corrected chi connectivity index (χ0v) is 12.6. The molecule has 1 atom stereocenters. The summed E-state index contributed by atoms with van der Waals surface area (Å²) in [5.41, 5.74) is 6.97. The molecule has 0 spiro atoms. The molecule has 2 aromatic rings. The fraction of sp³-hybridized carbons (Fsp3) is 0.357. The lowest BCUT2D eigenvalue weighted by Crippen LogP contribution is -2.23. The summed E-state index contributed by atoms with van der Waals surface area (Å²) in [7, 11) is 0. The number of carbonyl (C=O) groups excluding carboxylic acids is 1. The van der Waals surface area contributed by atoms with Crippen molar-refractivity contribution in [3.05, 3.63) is 47.9 Å². The number of aromatic nitrogens is 2. The van der Waals surface area contributed by atoms with Crippen molar-refractivity contribution in [2.24, 2.45) is 5.73 Å². The molecular weight excluding hydrogens is 288 g/mol. The zero-order chi connectivity index (χ0) is 15.1. The first kappa shape index (κ1) is 15.5. The summed E-state index contributed by atoms with van der Waals surface area (Å²) in [5.74, 6) is 1.02. The van der Waals surface area contributed by atoms with Gasteiger partial charge in [0.15, 0.2) is 5.69 Å². The van der Waals surface area contributed by atoms with Crippen LogP contribution in [-0.2, 0) is 6.54 Å². The Morgan fingerprint density at radius 3 is 3.10 bits per heavy atom. The van der Waals surface area contributed by atoms with E-state index in [9.17, 15) is 4.79 Å². The first-order valence-corrected chi connectivity index (χ1v) is 7.98. The molecule has 2 aromatic heterocycles. The van der Waals surface area contributed by atoms with Gasteiger partial charge < -0.3 is 15.5 Å². The van der Waals surface area contributed by atoms with Crippen LogP contribution in [0.1, 0.15) is 34.5 Å². The molecule has 0 fully saturated rings. The molecule has 0 aliphatic carbocycles. The van der Waals surface area contributed by atoms with E-state index in [0.29, 0.717) is 12.4 Å². The highest BCUT2D eigenvalue weighted by molar-refractivity contribution is 7.98.